The Bertz CT molecular complexity index is 377. The van der Waals surface area contributed by atoms with Crippen LogP contribution in [0.2, 0.25) is 0 Å². The smallest absolute Gasteiger partial charge is 0.0992 e. The molecule has 0 saturated heterocycles. The lowest BCUT2D eigenvalue weighted by molar-refractivity contribution is 0.889. The van der Waals surface area contributed by atoms with E-state index < -0.39 is 0 Å². The Morgan fingerprint density at radius 1 is 1.43 bits per heavy atom. The van der Waals surface area contributed by atoms with Gasteiger partial charge in [0.25, 0.3) is 0 Å². The van der Waals surface area contributed by atoms with E-state index in [9.17, 15) is 0 Å². The number of nitrogens with one attached hydrogen (secondary N) is 1. The SMILES string of the molecule is N#Cc1cc(Br)cc(NCC2CC2)c1. The highest BCUT2D eigenvalue weighted by molar-refractivity contribution is 9.10. The van der Waals surface area contributed by atoms with Crippen LogP contribution in [0.25, 0.3) is 0 Å². The van der Waals surface area contributed by atoms with Crippen molar-refractivity contribution in [2.24, 2.45) is 5.92 Å². The van der Waals surface area contributed by atoms with Crippen molar-refractivity contribution in [3.05, 3.63) is 28.2 Å². The molecule has 1 aliphatic carbocycles. The molecule has 0 unspecified atom stereocenters. The van der Waals surface area contributed by atoms with Crippen molar-refractivity contribution < 1.29 is 0 Å². The summed E-state index contributed by atoms with van der Waals surface area (Å²) in [4.78, 5) is 0. The highest BCUT2D eigenvalue weighted by atomic mass is 79.9. The van der Waals surface area contributed by atoms with Gasteiger partial charge in [-0.2, -0.15) is 5.26 Å². The molecule has 72 valence electrons. The van der Waals surface area contributed by atoms with Crippen molar-refractivity contribution in [1.29, 1.82) is 5.26 Å². The lowest BCUT2D eigenvalue weighted by Gasteiger charge is -2.05. The fourth-order valence-electron chi connectivity index (χ4n) is 1.34. The first-order valence-corrected chi connectivity index (χ1v) is 5.52. The van der Waals surface area contributed by atoms with E-state index in [4.69, 9.17) is 5.26 Å². The molecule has 0 aromatic heterocycles. The highest BCUT2D eigenvalue weighted by Crippen LogP contribution is 2.29. The Hall–Kier alpha value is -1.01. The van der Waals surface area contributed by atoms with Gasteiger partial charge in [-0.3, -0.25) is 0 Å². The minimum Gasteiger partial charge on any atom is -0.385 e. The molecule has 1 N–H and O–H groups in total. The van der Waals surface area contributed by atoms with Crippen molar-refractivity contribution in [2.45, 2.75) is 12.8 Å². The van der Waals surface area contributed by atoms with Crippen LogP contribution in [0, 0.1) is 17.2 Å². The fraction of sp³-hybridized carbons (Fsp3) is 0.364. The van der Waals surface area contributed by atoms with Gasteiger partial charge in [0.2, 0.25) is 0 Å². The second kappa shape index (κ2) is 4.02. The lowest BCUT2D eigenvalue weighted by atomic mass is 10.2. The molecule has 1 saturated carbocycles. The van der Waals surface area contributed by atoms with Crippen molar-refractivity contribution in [3.8, 4) is 6.07 Å². The molecular formula is C11H11BrN2. The topological polar surface area (TPSA) is 35.8 Å². The monoisotopic (exact) mass is 250 g/mol. The van der Waals surface area contributed by atoms with Gasteiger partial charge in [0.05, 0.1) is 11.6 Å². The molecule has 0 heterocycles. The number of benzene rings is 1. The molecule has 2 rings (SSSR count). The zero-order chi connectivity index (χ0) is 9.97. The van der Waals surface area contributed by atoms with Gasteiger partial charge in [0, 0.05) is 16.7 Å². The number of nitriles is 1. The number of halogens is 1. The quantitative estimate of drug-likeness (QED) is 0.895. The van der Waals surface area contributed by atoms with E-state index in [1.165, 1.54) is 12.8 Å². The van der Waals surface area contributed by atoms with Crippen molar-refractivity contribution in [3.63, 3.8) is 0 Å². The summed E-state index contributed by atoms with van der Waals surface area (Å²) in [5, 5.41) is 12.1. The minimum absolute atomic E-state index is 0.692. The van der Waals surface area contributed by atoms with Crippen LogP contribution in [0.5, 0.6) is 0 Å². The van der Waals surface area contributed by atoms with E-state index >= 15 is 0 Å². The molecular weight excluding hydrogens is 240 g/mol. The van der Waals surface area contributed by atoms with E-state index in [2.05, 4.69) is 27.3 Å². The van der Waals surface area contributed by atoms with Crippen molar-refractivity contribution in [1.82, 2.24) is 0 Å². The van der Waals surface area contributed by atoms with Gasteiger partial charge in [-0.05, 0) is 37.0 Å². The molecule has 0 spiro atoms. The Morgan fingerprint density at radius 3 is 2.86 bits per heavy atom. The number of anilines is 1. The summed E-state index contributed by atoms with van der Waals surface area (Å²) in [5.41, 5.74) is 1.72. The van der Waals surface area contributed by atoms with Crippen LogP contribution in [0.3, 0.4) is 0 Å². The zero-order valence-corrected chi connectivity index (χ0v) is 9.34. The maximum Gasteiger partial charge on any atom is 0.0992 e. The number of hydrogen-bond donors (Lipinski definition) is 1. The van der Waals surface area contributed by atoms with Crippen LogP contribution in [0.1, 0.15) is 18.4 Å². The number of rotatable bonds is 3. The zero-order valence-electron chi connectivity index (χ0n) is 7.76. The average molecular weight is 251 g/mol. The van der Waals surface area contributed by atoms with E-state index in [1.807, 2.05) is 18.2 Å². The molecule has 1 aromatic rings. The first-order valence-electron chi connectivity index (χ1n) is 4.72. The Morgan fingerprint density at radius 2 is 2.21 bits per heavy atom. The normalized spacial score (nSPS) is 14.9. The molecule has 1 fully saturated rings. The predicted octanol–water partition coefficient (Wildman–Crippen LogP) is 3.14. The number of nitrogens with zero attached hydrogens (tertiary/aromatic N) is 1. The largest absolute Gasteiger partial charge is 0.385 e. The molecule has 14 heavy (non-hydrogen) atoms. The predicted molar refractivity (Wildman–Crippen MR) is 60.1 cm³/mol. The van der Waals surface area contributed by atoms with Crippen molar-refractivity contribution in [2.75, 3.05) is 11.9 Å². The molecule has 1 aliphatic rings. The summed E-state index contributed by atoms with van der Waals surface area (Å²) < 4.78 is 0.954. The van der Waals surface area contributed by atoms with Crippen LogP contribution in [-0.2, 0) is 0 Å². The molecule has 0 bridgehead atoms. The minimum atomic E-state index is 0.692. The third-order valence-electron chi connectivity index (χ3n) is 2.32. The Balaban J connectivity index is 2.07. The highest BCUT2D eigenvalue weighted by Gasteiger charge is 2.20. The molecule has 1 aromatic carbocycles. The van der Waals surface area contributed by atoms with Crippen LogP contribution in [0.4, 0.5) is 5.69 Å². The van der Waals surface area contributed by atoms with Crippen LogP contribution < -0.4 is 5.32 Å². The summed E-state index contributed by atoms with van der Waals surface area (Å²) in [7, 11) is 0. The maximum atomic E-state index is 8.78. The summed E-state index contributed by atoms with van der Waals surface area (Å²) in [5.74, 6) is 0.847. The van der Waals surface area contributed by atoms with Crippen LogP contribution >= 0.6 is 15.9 Å². The average Bonchev–Trinajstić information content (AvgIpc) is 2.97. The number of hydrogen-bond acceptors (Lipinski definition) is 2. The molecule has 3 heteroatoms. The van der Waals surface area contributed by atoms with E-state index in [0.717, 1.165) is 22.6 Å². The molecule has 0 atom stereocenters. The van der Waals surface area contributed by atoms with E-state index in [1.54, 1.807) is 0 Å². The maximum absolute atomic E-state index is 8.78. The van der Waals surface area contributed by atoms with Gasteiger partial charge < -0.3 is 5.32 Å². The van der Waals surface area contributed by atoms with Gasteiger partial charge in [-0.25, -0.2) is 0 Å². The van der Waals surface area contributed by atoms with Crippen LogP contribution in [0.15, 0.2) is 22.7 Å². The summed E-state index contributed by atoms with van der Waals surface area (Å²) in [6.07, 6.45) is 2.68. The Kier molecular flexibility index (Phi) is 2.74. The molecule has 0 radical (unpaired) electrons. The van der Waals surface area contributed by atoms with Gasteiger partial charge in [-0.15, -0.1) is 0 Å². The van der Waals surface area contributed by atoms with E-state index in [0.29, 0.717) is 5.56 Å². The molecule has 0 aliphatic heterocycles. The van der Waals surface area contributed by atoms with Gasteiger partial charge in [0.15, 0.2) is 0 Å². The second-order valence-electron chi connectivity index (χ2n) is 3.66. The standard InChI is InChI=1S/C11H11BrN2/c12-10-3-9(6-13)4-11(5-10)14-7-8-1-2-8/h3-5,8,14H,1-2,7H2. The second-order valence-corrected chi connectivity index (χ2v) is 4.58. The fourth-order valence-corrected chi connectivity index (χ4v) is 1.83. The summed E-state index contributed by atoms with van der Waals surface area (Å²) >= 11 is 3.39. The molecule has 0 amide bonds. The molecule has 2 nitrogen and oxygen atoms in total. The third kappa shape index (κ3) is 2.49. The summed E-state index contributed by atoms with van der Waals surface area (Å²) in [6.45, 7) is 1.03. The van der Waals surface area contributed by atoms with Gasteiger partial charge in [-0.1, -0.05) is 15.9 Å². The van der Waals surface area contributed by atoms with Crippen molar-refractivity contribution >= 4 is 21.6 Å². The van der Waals surface area contributed by atoms with E-state index in [-0.39, 0.29) is 0 Å². The summed E-state index contributed by atoms with van der Waals surface area (Å²) in [6, 6.07) is 7.85. The first-order chi connectivity index (χ1) is 6.78. The lowest BCUT2D eigenvalue weighted by Crippen LogP contribution is -2.03. The van der Waals surface area contributed by atoms with Gasteiger partial charge in [0.1, 0.15) is 0 Å². The third-order valence-corrected chi connectivity index (χ3v) is 2.78. The Labute approximate surface area is 92.1 Å². The van der Waals surface area contributed by atoms with Gasteiger partial charge >= 0.3 is 0 Å². The van der Waals surface area contributed by atoms with Crippen LogP contribution in [-0.4, -0.2) is 6.54 Å². The first kappa shape index (κ1) is 9.54.